The molecule has 1 atom stereocenters. The van der Waals surface area contributed by atoms with Crippen molar-refractivity contribution >= 4 is 17.8 Å². The minimum Gasteiger partial charge on any atom is -0.479 e. The van der Waals surface area contributed by atoms with E-state index in [0.29, 0.717) is 10.8 Å². The van der Waals surface area contributed by atoms with Gasteiger partial charge in [0.1, 0.15) is 5.75 Å². The normalized spacial score (nSPS) is 16.0. The maximum atomic E-state index is 11.8. The van der Waals surface area contributed by atoms with E-state index < -0.39 is 23.9 Å². The summed E-state index contributed by atoms with van der Waals surface area (Å²) in [5.41, 5.74) is 1.16. The van der Waals surface area contributed by atoms with E-state index in [1.54, 1.807) is 12.1 Å². The average Bonchev–Trinajstić information content (AvgIpc) is 2.79. The molecular formula is C15H17NO5. The number of rotatable bonds is 5. The van der Waals surface area contributed by atoms with Crippen molar-refractivity contribution in [2.45, 2.75) is 39.2 Å². The Balaban J connectivity index is 1.92. The number of carbonyl (C=O) groups is 3. The number of benzene rings is 1. The monoisotopic (exact) mass is 291 g/mol. The number of carbonyl (C=O) groups excluding carboxylic acids is 3. The summed E-state index contributed by atoms with van der Waals surface area (Å²) in [6, 6.07) is 7.32. The fourth-order valence-corrected chi connectivity index (χ4v) is 1.88. The maximum absolute atomic E-state index is 11.8. The van der Waals surface area contributed by atoms with Crippen molar-refractivity contribution in [3.8, 4) is 5.75 Å². The van der Waals surface area contributed by atoms with Crippen LogP contribution in [0.1, 0.15) is 32.3 Å². The van der Waals surface area contributed by atoms with Crippen LogP contribution in [0.25, 0.3) is 0 Å². The molecule has 1 saturated heterocycles. The summed E-state index contributed by atoms with van der Waals surface area (Å²) >= 11 is 0. The first-order valence-corrected chi connectivity index (χ1v) is 6.84. The Labute approximate surface area is 122 Å². The number of imide groups is 1. The van der Waals surface area contributed by atoms with E-state index in [2.05, 4.69) is 0 Å². The van der Waals surface area contributed by atoms with Crippen LogP contribution in [-0.2, 0) is 25.6 Å². The number of aryl methyl sites for hydroxylation is 1. The Bertz CT molecular complexity index is 536. The zero-order valence-corrected chi connectivity index (χ0v) is 12.0. The molecule has 0 aromatic heterocycles. The highest BCUT2D eigenvalue weighted by molar-refractivity contribution is 6.01. The van der Waals surface area contributed by atoms with Gasteiger partial charge in [-0.2, -0.15) is 0 Å². The summed E-state index contributed by atoms with van der Waals surface area (Å²) in [5, 5.41) is 0.516. The summed E-state index contributed by atoms with van der Waals surface area (Å²) in [4.78, 5) is 39.3. The average molecular weight is 291 g/mol. The molecule has 0 bridgehead atoms. The second-order valence-electron chi connectivity index (χ2n) is 4.75. The van der Waals surface area contributed by atoms with Crippen LogP contribution >= 0.6 is 0 Å². The Morgan fingerprint density at radius 1 is 1.19 bits per heavy atom. The Morgan fingerprint density at radius 2 is 1.76 bits per heavy atom. The van der Waals surface area contributed by atoms with Gasteiger partial charge in [0, 0.05) is 12.8 Å². The summed E-state index contributed by atoms with van der Waals surface area (Å²) in [6.07, 6.45) is 0.134. The summed E-state index contributed by atoms with van der Waals surface area (Å²) < 4.78 is 5.43. The van der Waals surface area contributed by atoms with Crippen LogP contribution in [0, 0.1) is 0 Å². The quantitative estimate of drug-likeness (QED) is 0.771. The largest absolute Gasteiger partial charge is 0.479 e. The van der Waals surface area contributed by atoms with Gasteiger partial charge in [-0.25, -0.2) is 4.79 Å². The first-order chi connectivity index (χ1) is 10.0. The van der Waals surface area contributed by atoms with Gasteiger partial charge in [0.15, 0.2) is 6.10 Å². The molecule has 112 valence electrons. The van der Waals surface area contributed by atoms with Crippen molar-refractivity contribution in [1.82, 2.24) is 5.06 Å². The fourth-order valence-electron chi connectivity index (χ4n) is 1.88. The van der Waals surface area contributed by atoms with Crippen molar-refractivity contribution in [3.05, 3.63) is 29.8 Å². The first kappa shape index (κ1) is 15.0. The minimum atomic E-state index is -0.918. The molecule has 1 fully saturated rings. The zero-order valence-electron chi connectivity index (χ0n) is 12.0. The predicted molar refractivity (Wildman–Crippen MR) is 73.1 cm³/mol. The van der Waals surface area contributed by atoms with Gasteiger partial charge in [-0.05, 0) is 31.0 Å². The van der Waals surface area contributed by atoms with Crippen LogP contribution in [0.4, 0.5) is 0 Å². The van der Waals surface area contributed by atoms with Gasteiger partial charge in [-0.15, -0.1) is 5.06 Å². The van der Waals surface area contributed by atoms with E-state index in [9.17, 15) is 14.4 Å². The van der Waals surface area contributed by atoms with Crippen molar-refractivity contribution in [2.24, 2.45) is 0 Å². The number of ether oxygens (including phenoxy) is 1. The summed E-state index contributed by atoms with van der Waals surface area (Å²) in [6.45, 7) is 3.54. The molecule has 1 aromatic carbocycles. The molecule has 1 unspecified atom stereocenters. The lowest BCUT2D eigenvalue weighted by Gasteiger charge is -2.17. The molecule has 21 heavy (non-hydrogen) atoms. The number of hydrogen-bond acceptors (Lipinski definition) is 5. The number of hydroxylamine groups is 2. The highest BCUT2D eigenvalue weighted by atomic mass is 16.7. The van der Waals surface area contributed by atoms with Gasteiger partial charge in [0.2, 0.25) is 0 Å². The third-order valence-corrected chi connectivity index (χ3v) is 3.16. The molecular weight excluding hydrogens is 274 g/mol. The Morgan fingerprint density at radius 3 is 2.29 bits per heavy atom. The zero-order chi connectivity index (χ0) is 15.4. The second-order valence-corrected chi connectivity index (χ2v) is 4.75. The predicted octanol–water partition coefficient (Wildman–Crippen LogP) is 1.62. The van der Waals surface area contributed by atoms with Gasteiger partial charge >= 0.3 is 5.97 Å². The van der Waals surface area contributed by atoms with E-state index in [4.69, 9.17) is 9.57 Å². The van der Waals surface area contributed by atoms with Crippen molar-refractivity contribution in [2.75, 3.05) is 0 Å². The third kappa shape index (κ3) is 3.59. The van der Waals surface area contributed by atoms with Gasteiger partial charge in [0.05, 0.1) is 0 Å². The van der Waals surface area contributed by atoms with Crippen LogP contribution in [0.2, 0.25) is 0 Å². The molecule has 0 N–H and O–H groups in total. The molecule has 0 saturated carbocycles. The molecule has 6 nitrogen and oxygen atoms in total. The summed E-state index contributed by atoms with van der Waals surface area (Å²) in [5.74, 6) is -1.27. The van der Waals surface area contributed by atoms with Crippen molar-refractivity contribution < 1.29 is 24.0 Å². The Hall–Kier alpha value is -2.37. The van der Waals surface area contributed by atoms with Crippen LogP contribution in [0.5, 0.6) is 5.75 Å². The minimum absolute atomic E-state index is 0.0693. The lowest BCUT2D eigenvalue weighted by molar-refractivity contribution is -0.201. The topological polar surface area (TPSA) is 72.9 Å². The van der Waals surface area contributed by atoms with Gasteiger partial charge in [0.25, 0.3) is 11.8 Å². The lowest BCUT2D eigenvalue weighted by atomic mass is 10.2. The first-order valence-electron chi connectivity index (χ1n) is 6.84. The SMILES string of the molecule is CCc1ccc(OC(C)C(=O)ON2C(=O)CCC2=O)cc1. The fraction of sp³-hybridized carbons (Fsp3) is 0.400. The molecule has 1 aliphatic rings. The van der Waals surface area contributed by atoms with E-state index >= 15 is 0 Å². The van der Waals surface area contributed by atoms with Crippen LogP contribution in [0.3, 0.4) is 0 Å². The lowest BCUT2D eigenvalue weighted by Crippen LogP contribution is -2.37. The molecule has 0 radical (unpaired) electrons. The molecule has 0 spiro atoms. The van der Waals surface area contributed by atoms with Gasteiger partial charge < -0.3 is 9.57 Å². The molecule has 0 aliphatic carbocycles. The highest BCUT2D eigenvalue weighted by Gasteiger charge is 2.34. The highest BCUT2D eigenvalue weighted by Crippen LogP contribution is 2.16. The van der Waals surface area contributed by atoms with E-state index in [1.165, 1.54) is 6.92 Å². The Kier molecular flexibility index (Phi) is 4.57. The smallest absolute Gasteiger partial charge is 0.372 e. The van der Waals surface area contributed by atoms with E-state index in [1.807, 2.05) is 19.1 Å². The summed E-state index contributed by atoms with van der Waals surface area (Å²) in [7, 11) is 0. The van der Waals surface area contributed by atoms with E-state index in [0.717, 1.165) is 12.0 Å². The second kappa shape index (κ2) is 6.39. The number of nitrogens with zero attached hydrogens (tertiary/aromatic N) is 1. The maximum Gasteiger partial charge on any atom is 0.372 e. The third-order valence-electron chi connectivity index (χ3n) is 3.16. The van der Waals surface area contributed by atoms with E-state index in [-0.39, 0.29) is 12.8 Å². The molecule has 1 heterocycles. The molecule has 2 amide bonds. The van der Waals surface area contributed by atoms with Crippen LogP contribution in [-0.4, -0.2) is 29.0 Å². The van der Waals surface area contributed by atoms with Gasteiger partial charge in [-0.1, -0.05) is 19.1 Å². The molecule has 1 aliphatic heterocycles. The van der Waals surface area contributed by atoms with Crippen LogP contribution in [0.15, 0.2) is 24.3 Å². The van der Waals surface area contributed by atoms with Crippen LogP contribution < -0.4 is 4.74 Å². The van der Waals surface area contributed by atoms with Gasteiger partial charge in [-0.3, -0.25) is 9.59 Å². The standard InChI is InChI=1S/C15H17NO5/c1-3-11-4-6-12(7-5-11)20-10(2)15(19)21-16-13(17)8-9-14(16)18/h4-7,10H,3,8-9H2,1-2H3. The number of hydrogen-bond donors (Lipinski definition) is 0. The molecule has 2 rings (SSSR count). The van der Waals surface area contributed by atoms with Crippen molar-refractivity contribution in [1.29, 1.82) is 0 Å². The van der Waals surface area contributed by atoms with Crippen molar-refractivity contribution in [3.63, 3.8) is 0 Å². The number of amides is 2. The molecule has 1 aromatic rings. The molecule has 6 heteroatoms.